The molecule has 0 heterocycles. The van der Waals surface area contributed by atoms with E-state index in [4.69, 9.17) is 9.84 Å². The van der Waals surface area contributed by atoms with Crippen molar-refractivity contribution in [3.8, 4) is 5.75 Å². The SMILES string of the molecule is COc1ccc2cccc(CC(=O)CCC(=O)O)c2c1. The van der Waals surface area contributed by atoms with Crippen molar-refractivity contribution < 1.29 is 19.4 Å². The Morgan fingerprint density at radius 3 is 2.65 bits per heavy atom. The van der Waals surface area contributed by atoms with Gasteiger partial charge in [0.2, 0.25) is 0 Å². The number of carbonyl (C=O) groups excluding carboxylic acids is 1. The molecule has 2 rings (SSSR count). The van der Waals surface area contributed by atoms with Crippen LogP contribution in [0.15, 0.2) is 36.4 Å². The van der Waals surface area contributed by atoms with E-state index in [1.165, 1.54) is 0 Å². The van der Waals surface area contributed by atoms with Gasteiger partial charge in [0.25, 0.3) is 0 Å². The third-order valence-corrected chi connectivity index (χ3v) is 3.18. The number of carboxylic acid groups (broad SMARTS) is 1. The van der Waals surface area contributed by atoms with Crippen LogP contribution in [0.1, 0.15) is 18.4 Å². The molecule has 0 fully saturated rings. The van der Waals surface area contributed by atoms with Crippen molar-refractivity contribution in [2.24, 2.45) is 0 Å². The van der Waals surface area contributed by atoms with Gasteiger partial charge in [-0.3, -0.25) is 9.59 Å². The second-order valence-electron chi connectivity index (χ2n) is 4.61. The summed E-state index contributed by atoms with van der Waals surface area (Å²) in [4.78, 5) is 22.3. The lowest BCUT2D eigenvalue weighted by Crippen LogP contribution is -2.06. The van der Waals surface area contributed by atoms with Crippen LogP contribution in [0.25, 0.3) is 10.8 Å². The molecule has 0 amide bonds. The van der Waals surface area contributed by atoms with Gasteiger partial charge in [-0.1, -0.05) is 24.3 Å². The number of carboxylic acids is 1. The number of fused-ring (bicyclic) bond motifs is 1. The predicted molar refractivity (Wildman–Crippen MR) is 76.1 cm³/mol. The number of benzene rings is 2. The highest BCUT2D eigenvalue weighted by Gasteiger charge is 2.09. The van der Waals surface area contributed by atoms with Crippen molar-refractivity contribution >= 4 is 22.5 Å². The summed E-state index contributed by atoms with van der Waals surface area (Å²) in [5.74, 6) is -0.274. The molecule has 4 nitrogen and oxygen atoms in total. The Labute approximate surface area is 117 Å². The first kappa shape index (κ1) is 14.1. The Hall–Kier alpha value is -2.36. The molecule has 0 radical (unpaired) electrons. The number of Topliss-reactive ketones (excluding diaryl/α,β-unsaturated/α-hetero) is 1. The van der Waals surface area contributed by atoms with Crippen molar-refractivity contribution in [3.63, 3.8) is 0 Å². The minimum Gasteiger partial charge on any atom is -0.497 e. The summed E-state index contributed by atoms with van der Waals surface area (Å²) >= 11 is 0. The summed E-state index contributed by atoms with van der Waals surface area (Å²) in [6, 6.07) is 11.5. The first-order chi connectivity index (χ1) is 9.60. The zero-order valence-electron chi connectivity index (χ0n) is 11.3. The molecule has 0 saturated carbocycles. The van der Waals surface area contributed by atoms with Crippen molar-refractivity contribution in [1.29, 1.82) is 0 Å². The Morgan fingerprint density at radius 2 is 1.95 bits per heavy atom. The lowest BCUT2D eigenvalue weighted by Gasteiger charge is -2.08. The Morgan fingerprint density at radius 1 is 1.15 bits per heavy atom. The highest BCUT2D eigenvalue weighted by atomic mass is 16.5. The van der Waals surface area contributed by atoms with Crippen LogP contribution in [0.3, 0.4) is 0 Å². The fraction of sp³-hybridized carbons (Fsp3) is 0.250. The number of hydrogen-bond acceptors (Lipinski definition) is 3. The molecule has 0 aliphatic heterocycles. The van der Waals surface area contributed by atoms with Gasteiger partial charge >= 0.3 is 5.97 Å². The Balaban J connectivity index is 2.24. The Kier molecular flexibility index (Phi) is 4.35. The second-order valence-corrected chi connectivity index (χ2v) is 4.61. The van der Waals surface area contributed by atoms with Gasteiger partial charge in [-0.15, -0.1) is 0 Å². The van der Waals surface area contributed by atoms with Crippen LogP contribution in [0.5, 0.6) is 5.75 Å². The summed E-state index contributed by atoms with van der Waals surface area (Å²) < 4.78 is 5.20. The lowest BCUT2D eigenvalue weighted by atomic mass is 9.99. The zero-order chi connectivity index (χ0) is 14.5. The molecule has 0 bridgehead atoms. The van der Waals surface area contributed by atoms with Gasteiger partial charge in [0.15, 0.2) is 0 Å². The molecule has 0 aliphatic rings. The normalized spacial score (nSPS) is 10.4. The van der Waals surface area contributed by atoms with Crippen LogP contribution < -0.4 is 4.74 Å². The van der Waals surface area contributed by atoms with E-state index in [0.29, 0.717) is 0 Å². The molecule has 0 spiro atoms. The smallest absolute Gasteiger partial charge is 0.303 e. The molecule has 0 unspecified atom stereocenters. The predicted octanol–water partition coefficient (Wildman–Crippen LogP) is 2.82. The first-order valence-electron chi connectivity index (χ1n) is 6.39. The number of hydrogen-bond donors (Lipinski definition) is 1. The van der Waals surface area contributed by atoms with Crippen molar-refractivity contribution in [2.75, 3.05) is 7.11 Å². The number of ketones is 1. The van der Waals surface area contributed by atoms with E-state index in [0.717, 1.165) is 22.1 Å². The largest absolute Gasteiger partial charge is 0.497 e. The summed E-state index contributed by atoms with van der Waals surface area (Å²) in [6.07, 6.45) is 0.195. The van der Waals surface area contributed by atoms with Crippen molar-refractivity contribution in [3.05, 3.63) is 42.0 Å². The van der Waals surface area contributed by atoms with Gasteiger partial charge < -0.3 is 9.84 Å². The first-order valence-corrected chi connectivity index (χ1v) is 6.39. The van der Waals surface area contributed by atoms with Crippen LogP contribution in [0.4, 0.5) is 0 Å². The molecule has 0 atom stereocenters. The van der Waals surface area contributed by atoms with Crippen molar-refractivity contribution in [1.82, 2.24) is 0 Å². The number of ether oxygens (including phenoxy) is 1. The molecule has 4 heteroatoms. The van der Waals surface area contributed by atoms with Gasteiger partial charge in [0, 0.05) is 12.8 Å². The standard InChI is InChI=1S/C16H16O4/c1-20-14-7-5-11-3-2-4-12(15(11)10-14)9-13(17)6-8-16(18)19/h2-5,7,10H,6,8-9H2,1H3,(H,18,19). The molecule has 0 saturated heterocycles. The average Bonchev–Trinajstić information content (AvgIpc) is 2.45. The van der Waals surface area contributed by atoms with Crippen molar-refractivity contribution in [2.45, 2.75) is 19.3 Å². The quantitative estimate of drug-likeness (QED) is 0.878. The molecule has 1 N–H and O–H groups in total. The van der Waals surface area contributed by atoms with Gasteiger partial charge in [-0.05, 0) is 28.5 Å². The molecule has 2 aromatic rings. The fourth-order valence-corrected chi connectivity index (χ4v) is 2.14. The van der Waals surface area contributed by atoms with Crippen LogP contribution in [-0.4, -0.2) is 24.0 Å². The molecule has 0 aliphatic carbocycles. The average molecular weight is 272 g/mol. The molecule has 20 heavy (non-hydrogen) atoms. The number of carbonyl (C=O) groups is 2. The van der Waals surface area contributed by atoms with E-state index < -0.39 is 5.97 Å². The molecule has 2 aromatic carbocycles. The van der Waals surface area contributed by atoms with E-state index in [1.54, 1.807) is 7.11 Å². The summed E-state index contributed by atoms with van der Waals surface area (Å²) in [7, 11) is 1.60. The molecular formula is C16H16O4. The van der Waals surface area contributed by atoms with E-state index in [1.807, 2.05) is 36.4 Å². The third-order valence-electron chi connectivity index (χ3n) is 3.18. The highest BCUT2D eigenvalue weighted by molar-refractivity contribution is 5.92. The summed E-state index contributed by atoms with van der Waals surface area (Å²) in [5, 5.41) is 10.6. The summed E-state index contributed by atoms with van der Waals surface area (Å²) in [5.41, 5.74) is 0.900. The fourth-order valence-electron chi connectivity index (χ4n) is 2.14. The van der Waals surface area contributed by atoms with E-state index in [9.17, 15) is 9.59 Å². The zero-order valence-corrected chi connectivity index (χ0v) is 11.3. The van der Waals surface area contributed by atoms with Gasteiger partial charge in [-0.2, -0.15) is 0 Å². The van der Waals surface area contributed by atoms with Crippen LogP contribution in [0, 0.1) is 0 Å². The maximum Gasteiger partial charge on any atom is 0.303 e. The molecular weight excluding hydrogens is 256 g/mol. The van der Waals surface area contributed by atoms with E-state index >= 15 is 0 Å². The third kappa shape index (κ3) is 3.35. The maximum atomic E-state index is 11.8. The highest BCUT2D eigenvalue weighted by Crippen LogP contribution is 2.24. The van der Waals surface area contributed by atoms with Crippen LogP contribution in [-0.2, 0) is 16.0 Å². The number of rotatable bonds is 6. The van der Waals surface area contributed by atoms with Crippen LogP contribution in [0.2, 0.25) is 0 Å². The Bertz CT molecular complexity index is 646. The minimum absolute atomic E-state index is 0.0652. The number of methoxy groups -OCH3 is 1. The topological polar surface area (TPSA) is 63.6 Å². The number of aliphatic carboxylic acids is 1. The maximum absolute atomic E-state index is 11.8. The second kappa shape index (κ2) is 6.19. The van der Waals surface area contributed by atoms with E-state index in [-0.39, 0.29) is 25.0 Å². The van der Waals surface area contributed by atoms with E-state index in [2.05, 4.69) is 0 Å². The van der Waals surface area contributed by atoms with Crippen LogP contribution >= 0.6 is 0 Å². The summed E-state index contributed by atoms with van der Waals surface area (Å²) in [6.45, 7) is 0. The monoisotopic (exact) mass is 272 g/mol. The molecule has 104 valence electrons. The van der Waals surface area contributed by atoms with Gasteiger partial charge in [-0.25, -0.2) is 0 Å². The lowest BCUT2D eigenvalue weighted by molar-refractivity contribution is -0.138. The molecule has 0 aromatic heterocycles. The van der Waals surface area contributed by atoms with Gasteiger partial charge in [0.05, 0.1) is 13.5 Å². The van der Waals surface area contributed by atoms with Gasteiger partial charge in [0.1, 0.15) is 11.5 Å². The minimum atomic E-state index is -0.946.